The Morgan fingerprint density at radius 1 is 1.17 bits per heavy atom. The van der Waals surface area contributed by atoms with Crippen LogP contribution < -0.4 is 0 Å². The molecule has 0 aromatic heterocycles. The zero-order valence-electron chi connectivity index (χ0n) is 14.9. The predicted octanol–water partition coefficient (Wildman–Crippen LogP) is 4.01. The molecule has 2 fully saturated rings. The molecule has 4 aliphatic rings. The van der Waals surface area contributed by atoms with E-state index in [-0.39, 0.29) is 22.9 Å². The van der Waals surface area contributed by atoms with E-state index in [9.17, 15) is 15.0 Å². The lowest BCUT2D eigenvalue weighted by atomic mass is 9.64. The number of allylic oxidation sites excluding steroid dienone is 2. The van der Waals surface area contributed by atoms with E-state index >= 15 is 0 Å². The average Bonchev–Trinajstić information content (AvgIpc) is 3.10. The van der Waals surface area contributed by atoms with Crippen LogP contribution in [0.15, 0.2) is 11.1 Å². The van der Waals surface area contributed by atoms with Crippen molar-refractivity contribution in [1.29, 1.82) is 0 Å². The summed E-state index contributed by atoms with van der Waals surface area (Å²) < 4.78 is 0. The Bertz CT molecular complexity index is 608. The van der Waals surface area contributed by atoms with Crippen LogP contribution in [0.3, 0.4) is 0 Å². The fraction of sp³-hybridized carbons (Fsp3) is 0.850. The summed E-state index contributed by atoms with van der Waals surface area (Å²) in [5.41, 5.74) is 2.71. The predicted molar refractivity (Wildman–Crippen MR) is 88.8 cm³/mol. The summed E-state index contributed by atoms with van der Waals surface area (Å²) in [5, 5.41) is 20.3. The van der Waals surface area contributed by atoms with Crippen molar-refractivity contribution in [1.82, 2.24) is 0 Å². The Morgan fingerprint density at radius 3 is 2.43 bits per heavy atom. The van der Waals surface area contributed by atoms with Crippen molar-refractivity contribution in [3.8, 4) is 0 Å². The van der Waals surface area contributed by atoms with Gasteiger partial charge < -0.3 is 10.2 Å². The first-order valence-electron chi connectivity index (χ1n) is 9.31. The number of aliphatic hydroxyl groups is 1. The fourth-order valence-corrected chi connectivity index (χ4v) is 7.39. The molecule has 1 spiro atoms. The van der Waals surface area contributed by atoms with Gasteiger partial charge in [0.05, 0.1) is 11.5 Å². The molecule has 23 heavy (non-hydrogen) atoms. The van der Waals surface area contributed by atoms with Crippen molar-refractivity contribution in [3.63, 3.8) is 0 Å². The van der Waals surface area contributed by atoms with Gasteiger partial charge in [-0.1, -0.05) is 31.9 Å². The maximum atomic E-state index is 12.0. The van der Waals surface area contributed by atoms with E-state index in [4.69, 9.17) is 0 Å². The second-order valence-electron chi connectivity index (χ2n) is 9.52. The summed E-state index contributed by atoms with van der Waals surface area (Å²) in [5.74, 6) is 0.412. The minimum Gasteiger partial charge on any atom is -0.481 e. The smallest absolute Gasteiger partial charge is 0.309 e. The molecule has 0 bridgehead atoms. The molecule has 0 aliphatic heterocycles. The highest BCUT2D eigenvalue weighted by molar-refractivity contribution is 5.76. The third-order valence-corrected chi connectivity index (χ3v) is 8.59. The highest BCUT2D eigenvalue weighted by Crippen LogP contribution is 2.73. The zero-order valence-corrected chi connectivity index (χ0v) is 14.9. The molecule has 2 saturated carbocycles. The molecular weight excluding hydrogens is 288 g/mol. The first-order chi connectivity index (χ1) is 10.7. The SMILES string of the molecule is C[C@@H]1C[C@@H](O)[C@H](C)[C@@]12CCC1=C2C[C@@]2(C)CC[C@](C)(C(=O)O)[C@@H]12. The second-order valence-corrected chi connectivity index (χ2v) is 9.52. The van der Waals surface area contributed by atoms with Gasteiger partial charge in [-0.2, -0.15) is 0 Å². The maximum absolute atomic E-state index is 12.0. The number of aliphatic carboxylic acids is 1. The van der Waals surface area contributed by atoms with Crippen molar-refractivity contribution >= 4 is 5.97 Å². The Labute approximate surface area is 139 Å². The van der Waals surface area contributed by atoms with Crippen molar-refractivity contribution in [2.75, 3.05) is 0 Å². The van der Waals surface area contributed by atoms with E-state index in [1.807, 2.05) is 6.92 Å². The monoisotopic (exact) mass is 318 g/mol. The van der Waals surface area contributed by atoms with Crippen LogP contribution >= 0.6 is 0 Å². The summed E-state index contributed by atoms with van der Waals surface area (Å²) in [7, 11) is 0. The first-order valence-corrected chi connectivity index (χ1v) is 9.31. The normalized spacial score (nSPS) is 54.8. The lowest BCUT2D eigenvalue weighted by molar-refractivity contribution is -0.150. The van der Waals surface area contributed by atoms with E-state index in [0.717, 1.165) is 38.5 Å². The number of fused-ring (bicyclic) bond motifs is 3. The van der Waals surface area contributed by atoms with Crippen molar-refractivity contribution in [2.24, 2.45) is 34.0 Å². The van der Waals surface area contributed by atoms with Gasteiger partial charge in [-0.3, -0.25) is 4.79 Å². The van der Waals surface area contributed by atoms with Gasteiger partial charge in [0.25, 0.3) is 0 Å². The molecule has 0 aromatic rings. The Hall–Kier alpha value is -0.830. The summed E-state index contributed by atoms with van der Waals surface area (Å²) in [6.07, 6.45) is 5.78. The topological polar surface area (TPSA) is 57.5 Å². The third kappa shape index (κ3) is 1.63. The summed E-state index contributed by atoms with van der Waals surface area (Å²) in [6, 6.07) is 0. The van der Waals surface area contributed by atoms with Crippen LogP contribution in [0.4, 0.5) is 0 Å². The molecule has 4 rings (SSSR count). The van der Waals surface area contributed by atoms with Gasteiger partial charge in [-0.25, -0.2) is 0 Å². The lowest BCUT2D eigenvalue weighted by Gasteiger charge is -2.39. The lowest BCUT2D eigenvalue weighted by Crippen LogP contribution is -2.36. The molecule has 4 aliphatic carbocycles. The van der Waals surface area contributed by atoms with Crippen molar-refractivity contribution < 1.29 is 15.0 Å². The molecule has 0 amide bonds. The van der Waals surface area contributed by atoms with Gasteiger partial charge in [0.15, 0.2) is 0 Å². The molecule has 0 heterocycles. The molecule has 0 radical (unpaired) electrons. The molecule has 3 heteroatoms. The van der Waals surface area contributed by atoms with E-state index < -0.39 is 11.4 Å². The highest BCUT2D eigenvalue weighted by atomic mass is 16.4. The quantitative estimate of drug-likeness (QED) is 0.718. The average molecular weight is 318 g/mol. The minimum absolute atomic E-state index is 0.123. The van der Waals surface area contributed by atoms with Crippen LogP contribution in [0.1, 0.15) is 66.2 Å². The van der Waals surface area contributed by atoms with Crippen LogP contribution in [0.2, 0.25) is 0 Å². The number of carbonyl (C=O) groups is 1. The number of aliphatic hydroxyl groups excluding tert-OH is 1. The molecule has 2 N–H and O–H groups in total. The van der Waals surface area contributed by atoms with Gasteiger partial charge in [0, 0.05) is 5.92 Å². The Balaban J connectivity index is 1.83. The summed E-state index contributed by atoms with van der Waals surface area (Å²) in [6.45, 7) is 8.81. The van der Waals surface area contributed by atoms with Gasteiger partial charge in [-0.15, -0.1) is 0 Å². The van der Waals surface area contributed by atoms with E-state index in [1.54, 1.807) is 5.57 Å². The van der Waals surface area contributed by atoms with Crippen LogP contribution in [-0.2, 0) is 4.79 Å². The van der Waals surface area contributed by atoms with Crippen LogP contribution in [-0.4, -0.2) is 22.3 Å². The van der Waals surface area contributed by atoms with E-state index in [0.29, 0.717) is 11.8 Å². The molecule has 0 aromatic carbocycles. The summed E-state index contributed by atoms with van der Waals surface area (Å²) >= 11 is 0. The fourth-order valence-electron chi connectivity index (χ4n) is 7.39. The number of hydrogen-bond donors (Lipinski definition) is 2. The van der Waals surface area contributed by atoms with Crippen molar-refractivity contribution in [2.45, 2.75) is 72.3 Å². The number of carboxylic acid groups (broad SMARTS) is 1. The van der Waals surface area contributed by atoms with Crippen molar-refractivity contribution in [3.05, 3.63) is 11.1 Å². The number of hydrogen-bond acceptors (Lipinski definition) is 2. The van der Waals surface area contributed by atoms with Gasteiger partial charge in [0.1, 0.15) is 0 Å². The Kier molecular flexibility index (Phi) is 3.01. The minimum atomic E-state index is -0.617. The van der Waals surface area contributed by atoms with Gasteiger partial charge in [0.2, 0.25) is 0 Å². The zero-order chi connectivity index (χ0) is 16.8. The van der Waals surface area contributed by atoms with Gasteiger partial charge >= 0.3 is 5.97 Å². The van der Waals surface area contributed by atoms with Crippen LogP contribution in [0.25, 0.3) is 0 Å². The van der Waals surface area contributed by atoms with E-state index in [2.05, 4.69) is 20.8 Å². The first kappa shape index (κ1) is 15.7. The molecule has 0 saturated heterocycles. The standard InChI is InChI=1S/C20H30O3/c1-11-9-15(21)12(2)20(11)6-5-13-14(20)10-18(3)7-8-19(4,16(13)18)17(22)23/h11-12,15-16,21H,5-10H2,1-4H3,(H,22,23)/t11-,12+,15-,16+,18-,19+,20-/m1/s1. The molecule has 7 atom stereocenters. The van der Waals surface area contributed by atoms with E-state index in [1.165, 1.54) is 5.57 Å². The highest BCUT2D eigenvalue weighted by Gasteiger charge is 2.66. The van der Waals surface area contributed by atoms with Crippen LogP contribution in [0.5, 0.6) is 0 Å². The number of rotatable bonds is 1. The molecule has 128 valence electrons. The van der Waals surface area contributed by atoms with Gasteiger partial charge in [-0.05, 0) is 68.1 Å². The summed E-state index contributed by atoms with van der Waals surface area (Å²) in [4.78, 5) is 12.0. The number of carboxylic acids is 1. The maximum Gasteiger partial charge on any atom is 0.309 e. The third-order valence-electron chi connectivity index (χ3n) is 8.59. The molecule has 0 unspecified atom stereocenters. The molecular formula is C20H30O3. The Morgan fingerprint density at radius 2 is 1.87 bits per heavy atom. The van der Waals surface area contributed by atoms with Crippen LogP contribution in [0, 0.1) is 34.0 Å². The largest absolute Gasteiger partial charge is 0.481 e. The molecule has 3 nitrogen and oxygen atoms in total. The second kappa shape index (κ2) is 4.41.